The van der Waals surface area contributed by atoms with Gasteiger partial charge in [-0.2, -0.15) is 0 Å². The van der Waals surface area contributed by atoms with Crippen LogP contribution in [0, 0.1) is 5.92 Å². The molecular formula is C15H25NO. The van der Waals surface area contributed by atoms with E-state index in [1.807, 2.05) is 18.2 Å². The summed E-state index contributed by atoms with van der Waals surface area (Å²) in [5.41, 5.74) is 1.16. The van der Waals surface area contributed by atoms with E-state index in [-0.39, 0.29) is 12.6 Å². The van der Waals surface area contributed by atoms with E-state index in [1.54, 1.807) is 0 Å². The van der Waals surface area contributed by atoms with E-state index in [0.717, 1.165) is 17.9 Å². The Morgan fingerprint density at radius 1 is 1.06 bits per heavy atom. The fraction of sp³-hybridized carbons (Fsp3) is 0.600. The third kappa shape index (κ3) is 5.33. The molecule has 0 spiro atoms. The largest absolute Gasteiger partial charge is 0.394 e. The first-order valence-corrected chi connectivity index (χ1v) is 6.55. The molecule has 1 aromatic carbocycles. The fourth-order valence-electron chi connectivity index (χ4n) is 1.95. The molecule has 2 atom stereocenters. The van der Waals surface area contributed by atoms with E-state index >= 15 is 0 Å². The van der Waals surface area contributed by atoms with Gasteiger partial charge in [-0.25, -0.2) is 0 Å². The molecular weight excluding hydrogens is 210 g/mol. The van der Waals surface area contributed by atoms with Gasteiger partial charge in [0.25, 0.3) is 0 Å². The number of aliphatic hydroxyl groups is 1. The maximum atomic E-state index is 9.44. The van der Waals surface area contributed by atoms with Crippen molar-refractivity contribution in [3.63, 3.8) is 0 Å². The lowest BCUT2D eigenvalue weighted by atomic mass is 10.0. The maximum absolute atomic E-state index is 9.44. The molecule has 0 aliphatic rings. The zero-order chi connectivity index (χ0) is 12.7. The van der Waals surface area contributed by atoms with Gasteiger partial charge < -0.3 is 10.4 Å². The van der Waals surface area contributed by atoms with Crippen LogP contribution < -0.4 is 5.32 Å². The Balaban J connectivity index is 2.47. The molecule has 0 heterocycles. The third-order valence-corrected chi connectivity index (χ3v) is 3.05. The Morgan fingerprint density at radius 2 is 1.71 bits per heavy atom. The first-order valence-electron chi connectivity index (χ1n) is 6.55. The summed E-state index contributed by atoms with van der Waals surface area (Å²) < 4.78 is 0. The average molecular weight is 235 g/mol. The molecule has 0 saturated heterocycles. The van der Waals surface area contributed by atoms with Crippen molar-refractivity contribution in [2.24, 2.45) is 5.92 Å². The monoisotopic (exact) mass is 235 g/mol. The van der Waals surface area contributed by atoms with Crippen LogP contribution in [0.25, 0.3) is 0 Å². The Labute approximate surface area is 105 Å². The molecule has 0 fully saturated rings. The van der Waals surface area contributed by atoms with Crippen LogP contribution >= 0.6 is 0 Å². The zero-order valence-corrected chi connectivity index (χ0v) is 11.2. The Morgan fingerprint density at radius 3 is 2.24 bits per heavy atom. The SMILES string of the molecule is CC(C)CCC(C)N[C@@H](CO)c1ccccc1. The van der Waals surface area contributed by atoms with Crippen molar-refractivity contribution in [3.8, 4) is 0 Å². The van der Waals surface area contributed by atoms with Gasteiger partial charge >= 0.3 is 0 Å². The van der Waals surface area contributed by atoms with Crippen LogP contribution in [0.4, 0.5) is 0 Å². The number of hydrogen-bond donors (Lipinski definition) is 2. The van der Waals surface area contributed by atoms with Crippen molar-refractivity contribution in [1.82, 2.24) is 5.32 Å². The van der Waals surface area contributed by atoms with Crippen LogP contribution in [0.2, 0.25) is 0 Å². The van der Waals surface area contributed by atoms with Gasteiger partial charge in [-0.15, -0.1) is 0 Å². The molecule has 2 nitrogen and oxygen atoms in total. The molecule has 0 aliphatic carbocycles. The summed E-state index contributed by atoms with van der Waals surface area (Å²) in [6, 6.07) is 10.6. The smallest absolute Gasteiger partial charge is 0.0626 e. The van der Waals surface area contributed by atoms with Gasteiger partial charge in [-0.3, -0.25) is 0 Å². The lowest BCUT2D eigenvalue weighted by Gasteiger charge is -2.22. The number of nitrogens with one attached hydrogen (secondary N) is 1. The van der Waals surface area contributed by atoms with Gasteiger partial charge in [0.05, 0.1) is 12.6 Å². The van der Waals surface area contributed by atoms with Crippen molar-refractivity contribution in [2.45, 2.75) is 45.7 Å². The van der Waals surface area contributed by atoms with Crippen molar-refractivity contribution in [1.29, 1.82) is 0 Å². The first-order chi connectivity index (χ1) is 8.13. The van der Waals surface area contributed by atoms with E-state index < -0.39 is 0 Å². The molecule has 0 aromatic heterocycles. The van der Waals surface area contributed by atoms with Crippen molar-refractivity contribution in [3.05, 3.63) is 35.9 Å². The second-order valence-corrected chi connectivity index (χ2v) is 5.18. The fourth-order valence-corrected chi connectivity index (χ4v) is 1.95. The van der Waals surface area contributed by atoms with Crippen LogP contribution in [0.5, 0.6) is 0 Å². The Bertz CT molecular complexity index is 297. The second-order valence-electron chi connectivity index (χ2n) is 5.18. The Hall–Kier alpha value is -0.860. The minimum Gasteiger partial charge on any atom is -0.394 e. The predicted octanol–water partition coefficient (Wildman–Crippen LogP) is 3.13. The van der Waals surface area contributed by atoms with Crippen LogP contribution in [0.3, 0.4) is 0 Å². The molecule has 2 heteroatoms. The number of aliphatic hydroxyl groups excluding tert-OH is 1. The zero-order valence-electron chi connectivity index (χ0n) is 11.2. The van der Waals surface area contributed by atoms with Crippen molar-refractivity contribution in [2.75, 3.05) is 6.61 Å². The minimum atomic E-state index is 0.0540. The van der Waals surface area contributed by atoms with Gasteiger partial charge in [0.2, 0.25) is 0 Å². The predicted molar refractivity (Wildman–Crippen MR) is 72.9 cm³/mol. The molecule has 17 heavy (non-hydrogen) atoms. The average Bonchev–Trinajstić information content (AvgIpc) is 2.34. The first kappa shape index (κ1) is 14.2. The number of hydrogen-bond acceptors (Lipinski definition) is 2. The highest BCUT2D eigenvalue weighted by Crippen LogP contribution is 2.14. The molecule has 0 amide bonds. The van der Waals surface area contributed by atoms with E-state index in [2.05, 4.69) is 38.2 Å². The topological polar surface area (TPSA) is 32.3 Å². The highest BCUT2D eigenvalue weighted by Gasteiger charge is 2.13. The summed E-state index contributed by atoms with van der Waals surface area (Å²) in [6.07, 6.45) is 2.38. The Kier molecular flexibility index (Phi) is 6.23. The van der Waals surface area contributed by atoms with Gasteiger partial charge in [0.15, 0.2) is 0 Å². The highest BCUT2D eigenvalue weighted by molar-refractivity contribution is 5.19. The molecule has 2 N–H and O–H groups in total. The van der Waals surface area contributed by atoms with Gasteiger partial charge in [0, 0.05) is 6.04 Å². The second kappa shape index (κ2) is 7.46. The minimum absolute atomic E-state index is 0.0540. The molecule has 0 radical (unpaired) electrons. The van der Waals surface area contributed by atoms with Crippen molar-refractivity contribution < 1.29 is 5.11 Å². The van der Waals surface area contributed by atoms with Crippen molar-refractivity contribution >= 4 is 0 Å². The molecule has 1 aromatic rings. The quantitative estimate of drug-likeness (QED) is 0.761. The van der Waals surface area contributed by atoms with E-state index in [4.69, 9.17) is 0 Å². The van der Waals surface area contributed by atoms with Crippen LogP contribution in [0.1, 0.15) is 45.2 Å². The summed E-state index contributed by atoms with van der Waals surface area (Å²) in [6.45, 7) is 6.82. The van der Waals surface area contributed by atoms with Crippen LogP contribution in [-0.4, -0.2) is 17.8 Å². The standard InChI is InChI=1S/C15H25NO/c1-12(2)9-10-13(3)16-15(11-17)14-7-5-4-6-8-14/h4-8,12-13,15-17H,9-11H2,1-3H3/t13?,15-/m0/s1. The molecule has 0 saturated carbocycles. The summed E-state index contributed by atoms with van der Waals surface area (Å²) in [7, 11) is 0. The third-order valence-electron chi connectivity index (χ3n) is 3.05. The number of rotatable bonds is 7. The van der Waals surface area contributed by atoms with Gasteiger partial charge in [0.1, 0.15) is 0 Å². The van der Waals surface area contributed by atoms with Gasteiger partial charge in [-0.05, 0) is 31.2 Å². The summed E-state index contributed by atoms with van der Waals surface area (Å²) in [4.78, 5) is 0. The van der Waals surface area contributed by atoms with Crippen LogP contribution in [-0.2, 0) is 0 Å². The summed E-state index contributed by atoms with van der Waals surface area (Å²) in [5.74, 6) is 0.739. The summed E-state index contributed by atoms with van der Waals surface area (Å²) >= 11 is 0. The molecule has 96 valence electrons. The lowest BCUT2D eigenvalue weighted by Crippen LogP contribution is -2.32. The molecule has 0 aliphatic heterocycles. The summed E-state index contributed by atoms with van der Waals surface area (Å²) in [5, 5.41) is 12.9. The van der Waals surface area contributed by atoms with Gasteiger partial charge in [-0.1, -0.05) is 44.2 Å². The molecule has 1 rings (SSSR count). The highest BCUT2D eigenvalue weighted by atomic mass is 16.3. The maximum Gasteiger partial charge on any atom is 0.0626 e. The number of benzene rings is 1. The lowest BCUT2D eigenvalue weighted by molar-refractivity contribution is 0.231. The molecule has 1 unspecified atom stereocenters. The normalized spacial score (nSPS) is 14.9. The van der Waals surface area contributed by atoms with E-state index in [1.165, 1.54) is 6.42 Å². The van der Waals surface area contributed by atoms with E-state index in [0.29, 0.717) is 6.04 Å². The van der Waals surface area contributed by atoms with E-state index in [9.17, 15) is 5.11 Å². The van der Waals surface area contributed by atoms with Crippen LogP contribution in [0.15, 0.2) is 30.3 Å². The molecule has 0 bridgehead atoms.